The first-order valence-electron chi connectivity index (χ1n) is 5.97. The number of halogens is 2. The number of carbonyl (C=O) groups is 1. The molecule has 0 bridgehead atoms. The smallest absolute Gasteiger partial charge is 0.256 e. The average Bonchev–Trinajstić information content (AvgIpc) is 2.91. The lowest BCUT2D eigenvalue weighted by Crippen LogP contribution is -2.12. The Balaban J connectivity index is 1.93. The molecule has 0 saturated heterocycles. The first-order chi connectivity index (χ1) is 9.65. The van der Waals surface area contributed by atoms with Crippen LogP contribution in [0.25, 0.3) is 10.9 Å². The molecule has 100 valence electrons. The molecule has 0 saturated carbocycles. The fourth-order valence-corrected chi connectivity index (χ4v) is 2.48. The molecule has 0 aliphatic heterocycles. The van der Waals surface area contributed by atoms with E-state index in [1.54, 1.807) is 24.3 Å². The van der Waals surface area contributed by atoms with Gasteiger partial charge in [-0.15, -0.1) is 0 Å². The number of amides is 1. The molecule has 1 aromatic heterocycles. The van der Waals surface area contributed by atoms with E-state index in [4.69, 9.17) is 11.6 Å². The number of hydrogen-bond acceptors (Lipinski definition) is 1. The molecule has 3 rings (SSSR count). The van der Waals surface area contributed by atoms with E-state index in [2.05, 4.69) is 26.2 Å². The molecule has 0 aliphatic carbocycles. The van der Waals surface area contributed by atoms with Crippen LogP contribution in [-0.4, -0.2) is 10.9 Å². The van der Waals surface area contributed by atoms with Gasteiger partial charge < -0.3 is 10.3 Å². The van der Waals surface area contributed by atoms with Crippen molar-refractivity contribution in [1.29, 1.82) is 0 Å². The summed E-state index contributed by atoms with van der Waals surface area (Å²) in [6.45, 7) is 0. The number of aromatic amines is 1. The highest BCUT2D eigenvalue weighted by atomic mass is 79.9. The van der Waals surface area contributed by atoms with Gasteiger partial charge in [0.2, 0.25) is 0 Å². The summed E-state index contributed by atoms with van der Waals surface area (Å²) in [5.74, 6) is -0.159. The maximum Gasteiger partial charge on any atom is 0.256 e. The molecule has 0 spiro atoms. The number of nitrogens with one attached hydrogen (secondary N) is 2. The first-order valence-corrected chi connectivity index (χ1v) is 7.15. The average molecular weight is 350 g/mol. The molecule has 5 heteroatoms. The largest absolute Gasteiger partial charge is 0.361 e. The highest BCUT2D eigenvalue weighted by Gasteiger charge is 2.11. The van der Waals surface area contributed by atoms with Crippen LogP contribution in [0.5, 0.6) is 0 Å². The van der Waals surface area contributed by atoms with E-state index in [9.17, 15) is 4.79 Å². The molecule has 3 aromatic rings. The van der Waals surface area contributed by atoms with Crippen molar-refractivity contribution < 1.29 is 4.79 Å². The van der Waals surface area contributed by atoms with Crippen LogP contribution in [0.15, 0.2) is 53.1 Å². The van der Waals surface area contributed by atoms with Crippen LogP contribution >= 0.6 is 27.5 Å². The Hall–Kier alpha value is -1.78. The maximum absolute atomic E-state index is 12.3. The van der Waals surface area contributed by atoms with Crippen molar-refractivity contribution in [3.63, 3.8) is 0 Å². The van der Waals surface area contributed by atoms with Crippen molar-refractivity contribution in [3.8, 4) is 0 Å². The third kappa shape index (κ3) is 2.44. The van der Waals surface area contributed by atoms with Gasteiger partial charge in [-0.3, -0.25) is 4.79 Å². The molecule has 1 amide bonds. The van der Waals surface area contributed by atoms with E-state index in [1.165, 1.54) is 0 Å². The summed E-state index contributed by atoms with van der Waals surface area (Å²) in [5, 5.41) is 4.30. The minimum Gasteiger partial charge on any atom is -0.361 e. The summed E-state index contributed by atoms with van der Waals surface area (Å²) in [5.41, 5.74) is 2.23. The number of anilines is 1. The molecule has 0 radical (unpaired) electrons. The molecule has 0 aliphatic rings. The lowest BCUT2D eigenvalue weighted by Gasteiger charge is -2.07. The Bertz CT molecular complexity index is 797. The van der Waals surface area contributed by atoms with Gasteiger partial charge in [0.05, 0.1) is 5.02 Å². The van der Waals surface area contributed by atoms with Crippen molar-refractivity contribution in [2.24, 2.45) is 0 Å². The molecule has 0 fully saturated rings. The van der Waals surface area contributed by atoms with Gasteiger partial charge in [-0.05, 0) is 52.3 Å². The van der Waals surface area contributed by atoms with Crippen LogP contribution in [0.1, 0.15) is 10.4 Å². The van der Waals surface area contributed by atoms with Gasteiger partial charge in [0, 0.05) is 32.8 Å². The second kappa shape index (κ2) is 5.31. The normalized spacial score (nSPS) is 10.7. The topological polar surface area (TPSA) is 44.9 Å². The Morgan fingerprint density at radius 3 is 2.85 bits per heavy atom. The van der Waals surface area contributed by atoms with Gasteiger partial charge >= 0.3 is 0 Å². The second-order valence-corrected chi connectivity index (χ2v) is 5.59. The van der Waals surface area contributed by atoms with Crippen LogP contribution < -0.4 is 5.32 Å². The Labute approximate surface area is 129 Å². The molecule has 20 heavy (non-hydrogen) atoms. The summed E-state index contributed by atoms with van der Waals surface area (Å²) >= 11 is 9.34. The van der Waals surface area contributed by atoms with Gasteiger partial charge in [-0.1, -0.05) is 17.7 Å². The number of hydrogen-bond donors (Lipinski definition) is 2. The van der Waals surface area contributed by atoms with E-state index in [-0.39, 0.29) is 5.91 Å². The summed E-state index contributed by atoms with van der Waals surface area (Å²) in [6, 6.07) is 12.8. The van der Waals surface area contributed by atoms with Gasteiger partial charge in [0.25, 0.3) is 5.91 Å². The predicted molar refractivity (Wildman–Crippen MR) is 85.4 cm³/mol. The Kier molecular flexibility index (Phi) is 3.51. The van der Waals surface area contributed by atoms with Crippen LogP contribution in [0.2, 0.25) is 5.02 Å². The third-order valence-corrected chi connectivity index (χ3v) is 4.25. The molecule has 2 N–H and O–H groups in total. The Morgan fingerprint density at radius 2 is 2.05 bits per heavy atom. The highest BCUT2D eigenvalue weighted by molar-refractivity contribution is 9.10. The Morgan fingerprint density at radius 1 is 1.20 bits per heavy atom. The number of benzene rings is 2. The second-order valence-electron chi connectivity index (χ2n) is 4.33. The van der Waals surface area contributed by atoms with Crippen LogP contribution in [0.4, 0.5) is 5.69 Å². The number of carbonyl (C=O) groups excluding carboxylic acids is 1. The van der Waals surface area contributed by atoms with Crippen LogP contribution in [0, 0.1) is 0 Å². The van der Waals surface area contributed by atoms with Crippen molar-refractivity contribution in [1.82, 2.24) is 4.98 Å². The molecule has 0 unspecified atom stereocenters. The quantitative estimate of drug-likeness (QED) is 0.683. The summed E-state index contributed by atoms with van der Waals surface area (Å²) in [4.78, 5) is 15.4. The summed E-state index contributed by atoms with van der Waals surface area (Å²) in [7, 11) is 0. The monoisotopic (exact) mass is 348 g/mol. The van der Waals surface area contributed by atoms with Crippen molar-refractivity contribution in [2.75, 3.05) is 5.32 Å². The fourth-order valence-electron chi connectivity index (χ4n) is 2.06. The van der Waals surface area contributed by atoms with Gasteiger partial charge in [0.15, 0.2) is 0 Å². The number of H-pyrrole nitrogens is 1. The number of fused-ring (bicyclic) bond motifs is 1. The zero-order chi connectivity index (χ0) is 14.1. The van der Waals surface area contributed by atoms with Gasteiger partial charge in [-0.25, -0.2) is 0 Å². The minimum atomic E-state index is -0.159. The molecule has 3 nitrogen and oxygen atoms in total. The van der Waals surface area contributed by atoms with Crippen molar-refractivity contribution in [2.45, 2.75) is 0 Å². The van der Waals surface area contributed by atoms with E-state index < -0.39 is 0 Å². The van der Waals surface area contributed by atoms with Crippen molar-refractivity contribution >= 4 is 50.0 Å². The number of rotatable bonds is 2. The first kappa shape index (κ1) is 13.2. The zero-order valence-electron chi connectivity index (χ0n) is 10.3. The lowest BCUT2D eigenvalue weighted by atomic mass is 10.1. The van der Waals surface area contributed by atoms with E-state index in [1.807, 2.05) is 24.4 Å². The lowest BCUT2D eigenvalue weighted by molar-refractivity contribution is 0.102. The van der Waals surface area contributed by atoms with Crippen LogP contribution in [0.3, 0.4) is 0 Å². The minimum absolute atomic E-state index is 0.159. The molecular weight excluding hydrogens is 340 g/mol. The predicted octanol–water partition coefficient (Wildman–Crippen LogP) is 4.84. The van der Waals surface area contributed by atoms with Gasteiger partial charge in [0.1, 0.15) is 0 Å². The fraction of sp³-hybridized carbons (Fsp3) is 0. The maximum atomic E-state index is 12.3. The summed E-state index contributed by atoms with van der Waals surface area (Å²) in [6.07, 6.45) is 1.82. The number of aromatic nitrogens is 1. The van der Waals surface area contributed by atoms with E-state index >= 15 is 0 Å². The third-order valence-electron chi connectivity index (χ3n) is 3.02. The van der Waals surface area contributed by atoms with Crippen molar-refractivity contribution in [3.05, 3.63) is 63.7 Å². The molecule has 1 heterocycles. The molecule has 0 atom stereocenters. The van der Waals surface area contributed by atoms with Gasteiger partial charge in [-0.2, -0.15) is 0 Å². The van der Waals surface area contributed by atoms with E-state index in [0.717, 1.165) is 15.4 Å². The van der Waals surface area contributed by atoms with E-state index in [0.29, 0.717) is 16.3 Å². The zero-order valence-corrected chi connectivity index (χ0v) is 12.6. The standard InChI is InChI=1S/C15H10BrClN2O/c16-12-5-4-9(8-13(12)17)19-15(20)11-2-1-3-14-10(11)6-7-18-14/h1-8,18H,(H,19,20). The van der Waals surface area contributed by atoms with Crippen LogP contribution in [-0.2, 0) is 0 Å². The highest BCUT2D eigenvalue weighted by Crippen LogP contribution is 2.26. The summed E-state index contributed by atoms with van der Waals surface area (Å²) < 4.78 is 0.796. The molecule has 2 aromatic carbocycles. The molecular formula is C15H10BrClN2O. The SMILES string of the molecule is O=C(Nc1ccc(Br)c(Cl)c1)c1cccc2[nH]ccc12.